The lowest BCUT2D eigenvalue weighted by Crippen LogP contribution is -2.57. The number of carbonyl (C=O) groups is 2. The molecule has 4 atom stereocenters. The summed E-state index contributed by atoms with van der Waals surface area (Å²) in [6.07, 6.45) is 3.57. The van der Waals surface area contributed by atoms with Crippen LogP contribution in [0.3, 0.4) is 0 Å². The molecular formula is C23H31FN2O5. The molecule has 31 heavy (non-hydrogen) atoms. The summed E-state index contributed by atoms with van der Waals surface area (Å²) in [7, 11) is 0. The first-order valence-electron chi connectivity index (χ1n) is 11.3. The molecule has 0 radical (unpaired) electrons. The predicted octanol–water partition coefficient (Wildman–Crippen LogP) is 1.98. The summed E-state index contributed by atoms with van der Waals surface area (Å²) in [6, 6.07) is 5.16. The van der Waals surface area contributed by atoms with Gasteiger partial charge in [-0.05, 0) is 56.4 Å². The van der Waals surface area contributed by atoms with Crippen LogP contribution in [-0.2, 0) is 14.3 Å². The molecule has 8 heteroatoms. The standard InChI is InChI=1S/C23H31FN2O5/c24-17-6-4-16(5-7-17)23(29)26-13-18(27)14-30-15-21-20(26)9-8-19(31-21)12-22(28)25-10-2-1-3-11-25/h4-7,18-21,27H,1-3,8-15H2/t18-,19+,20-,21+/m0/s1. The quantitative estimate of drug-likeness (QED) is 0.787. The van der Waals surface area contributed by atoms with E-state index < -0.39 is 11.9 Å². The van der Waals surface area contributed by atoms with E-state index in [2.05, 4.69) is 0 Å². The predicted molar refractivity (Wildman–Crippen MR) is 111 cm³/mol. The van der Waals surface area contributed by atoms with E-state index >= 15 is 0 Å². The Hall–Kier alpha value is -2.03. The highest BCUT2D eigenvalue weighted by molar-refractivity contribution is 5.94. The van der Waals surface area contributed by atoms with E-state index in [0.29, 0.717) is 24.8 Å². The zero-order valence-electron chi connectivity index (χ0n) is 17.7. The highest BCUT2D eigenvalue weighted by Crippen LogP contribution is 2.29. The van der Waals surface area contributed by atoms with Gasteiger partial charge in [-0.2, -0.15) is 0 Å². The molecule has 0 unspecified atom stereocenters. The fourth-order valence-electron chi connectivity index (χ4n) is 4.80. The Morgan fingerprint density at radius 2 is 1.81 bits per heavy atom. The lowest BCUT2D eigenvalue weighted by Gasteiger charge is -2.44. The maximum atomic E-state index is 13.3. The third-order valence-corrected chi connectivity index (χ3v) is 6.44. The molecule has 1 aromatic carbocycles. The van der Waals surface area contributed by atoms with Gasteiger partial charge in [0.1, 0.15) is 11.9 Å². The van der Waals surface area contributed by atoms with Crippen LogP contribution in [0.5, 0.6) is 0 Å². The summed E-state index contributed by atoms with van der Waals surface area (Å²) >= 11 is 0. The number of rotatable bonds is 3. The van der Waals surface area contributed by atoms with Crippen LogP contribution in [0.2, 0.25) is 0 Å². The van der Waals surface area contributed by atoms with Gasteiger partial charge < -0.3 is 24.4 Å². The van der Waals surface area contributed by atoms with Gasteiger partial charge in [-0.1, -0.05) is 0 Å². The lowest BCUT2D eigenvalue weighted by molar-refractivity contribution is -0.155. The van der Waals surface area contributed by atoms with Gasteiger partial charge in [-0.15, -0.1) is 0 Å². The first kappa shape index (κ1) is 22.2. The monoisotopic (exact) mass is 434 g/mol. The average molecular weight is 435 g/mol. The fourth-order valence-corrected chi connectivity index (χ4v) is 4.80. The molecule has 0 aliphatic carbocycles. The number of benzene rings is 1. The van der Waals surface area contributed by atoms with Crippen molar-refractivity contribution in [2.45, 2.75) is 62.9 Å². The molecule has 0 bridgehead atoms. The highest BCUT2D eigenvalue weighted by atomic mass is 19.1. The second-order valence-electron chi connectivity index (χ2n) is 8.74. The highest BCUT2D eigenvalue weighted by Gasteiger charge is 2.40. The van der Waals surface area contributed by atoms with E-state index in [9.17, 15) is 19.1 Å². The smallest absolute Gasteiger partial charge is 0.254 e. The molecular weight excluding hydrogens is 403 g/mol. The van der Waals surface area contributed by atoms with Crippen LogP contribution < -0.4 is 0 Å². The number of likely N-dealkylation sites (tertiary alicyclic amines) is 1. The van der Waals surface area contributed by atoms with Crippen molar-refractivity contribution in [3.05, 3.63) is 35.6 Å². The van der Waals surface area contributed by atoms with Gasteiger partial charge >= 0.3 is 0 Å². The largest absolute Gasteiger partial charge is 0.389 e. The average Bonchev–Trinajstić information content (AvgIpc) is 2.77. The Morgan fingerprint density at radius 3 is 2.55 bits per heavy atom. The molecule has 2 amide bonds. The van der Waals surface area contributed by atoms with Crippen molar-refractivity contribution in [1.29, 1.82) is 0 Å². The molecule has 3 saturated heterocycles. The van der Waals surface area contributed by atoms with Crippen LogP contribution in [-0.4, -0.2) is 83.9 Å². The number of ether oxygens (including phenoxy) is 2. The third-order valence-electron chi connectivity index (χ3n) is 6.44. The van der Waals surface area contributed by atoms with Gasteiger partial charge in [0, 0.05) is 25.2 Å². The normalized spacial score (nSPS) is 29.6. The maximum Gasteiger partial charge on any atom is 0.254 e. The number of carbonyl (C=O) groups excluding carboxylic acids is 2. The molecule has 4 rings (SSSR count). The summed E-state index contributed by atoms with van der Waals surface area (Å²) in [5.74, 6) is -0.537. The number of aliphatic hydroxyl groups is 1. The Bertz CT molecular complexity index is 768. The van der Waals surface area contributed by atoms with E-state index in [-0.39, 0.29) is 49.8 Å². The number of aliphatic hydroxyl groups excluding tert-OH is 1. The summed E-state index contributed by atoms with van der Waals surface area (Å²) < 4.78 is 25.2. The summed E-state index contributed by atoms with van der Waals surface area (Å²) in [5, 5.41) is 10.3. The van der Waals surface area contributed by atoms with Crippen LogP contribution in [0, 0.1) is 5.82 Å². The van der Waals surface area contributed by atoms with E-state index in [1.165, 1.54) is 30.7 Å². The molecule has 170 valence electrons. The van der Waals surface area contributed by atoms with E-state index in [1.807, 2.05) is 4.90 Å². The van der Waals surface area contributed by atoms with Gasteiger partial charge in [-0.3, -0.25) is 9.59 Å². The van der Waals surface area contributed by atoms with Crippen molar-refractivity contribution in [1.82, 2.24) is 9.80 Å². The van der Waals surface area contributed by atoms with Crippen molar-refractivity contribution in [3.8, 4) is 0 Å². The zero-order chi connectivity index (χ0) is 21.8. The molecule has 3 heterocycles. The summed E-state index contributed by atoms with van der Waals surface area (Å²) in [6.45, 7) is 2.12. The molecule has 0 aromatic heterocycles. The SMILES string of the molecule is O=C(C[C@H]1CC[C@H]2[C@@H](COC[C@@H](O)CN2C(=O)c2ccc(F)cc2)O1)N1CCCCC1. The Morgan fingerprint density at radius 1 is 1.06 bits per heavy atom. The van der Waals surface area contributed by atoms with Gasteiger partial charge in [0.25, 0.3) is 5.91 Å². The molecule has 1 aromatic rings. The second kappa shape index (κ2) is 10.1. The number of hydrogen-bond acceptors (Lipinski definition) is 5. The number of halogens is 1. The van der Waals surface area contributed by atoms with Crippen LogP contribution in [0.25, 0.3) is 0 Å². The van der Waals surface area contributed by atoms with Crippen LogP contribution in [0.4, 0.5) is 4.39 Å². The molecule has 3 aliphatic heterocycles. The van der Waals surface area contributed by atoms with Gasteiger partial charge in [0.2, 0.25) is 5.91 Å². The number of β-amino-alcohol motifs (C(OH)–C–C–N with tert-alkyl or cyclic N) is 1. The molecule has 7 nitrogen and oxygen atoms in total. The van der Waals surface area contributed by atoms with Crippen LogP contribution in [0.15, 0.2) is 24.3 Å². The number of hydrogen-bond donors (Lipinski definition) is 1. The Balaban J connectivity index is 1.44. The van der Waals surface area contributed by atoms with Gasteiger partial charge in [0.05, 0.1) is 37.9 Å². The Kier molecular flexibility index (Phi) is 7.20. The minimum Gasteiger partial charge on any atom is -0.389 e. The van der Waals surface area contributed by atoms with Crippen molar-refractivity contribution in [2.24, 2.45) is 0 Å². The van der Waals surface area contributed by atoms with Crippen LogP contribution >= 0.6 is 0 Å². The van der Waals surface area contributed by atoms with E-state index in [4.69, 9.17) is 9.47 Å². The van der Waals surface area contributed by atoms with Crippen molar-refractivity contribution in [3.63, 3.8) is 0 Å². The van der Waals surface area contributed by atoms with Crippen LogP contribution in [0.1, 0.15) is 48.9 Å². The second-order valence-corrected chi connectivity index (χ2v) is 8.74. The van der Waals surface area contributed by atoms with Crippen molar-refractivity contribution >= 4 is 11.8 Å². The molecule has 0 spiro atoms. The van der Waals surface area contributed by atoms with Crippen molar-refractivity contribution in [2.75, 3.05) is 32.8 Å². The number of amides is 2. The summed E-state index contributed by atoms with van der Waals surface area (Å²) in [5.41, 5.74) is 0.372. The number of piperidine rings is 1. The minimum absolute atomic E-state index is 0.108. The molecule has 3 fully saturated rings. The van der Waals surface area contributed by atoms with Gasteiger partial charge in [-0.25, -0.2) is 4.39 Å². The zero-order valence-corrected chi connectivity index (χ0v) is 17.7. The fraction of sp³-hybridized carbons (Fsp3) is 0.652. The maximum absolute atomic E-state index is 13.3. The Labute approximate surface area is 182 Å². The third kappa shape index (κ3) is 5.42. The number of fused-ring (bicyclic) bond motifs is 1. The topological polar surface area (TPSA) is 79.3 Å². The molecule has 0 saturated carbocycles. The van der Waals surface area contributed by atoms with E-state index in [0.717, 1.165) is 25.9 Å². The van der Waals surface area contributed by atoms with Crippen molar-refractivity contribution < 1.29 is 28.6 Å². The molecule has 1 N–H and O–H groups in total. The first-order valence-corrected chi connectivity index (χ1v) is 11.3. The van der Waals surface area contributed by atoms with Gasteiger partial charge in [0.15, 0.2) is 0 Å². The summed E-state index contributed by atoms with van der Waals surface area (Å²) in [4.78, 5) is 29.4. The number of nitrogens with zero attached hydrogens (tertiary/aromatic N) is 2. The first-order chi connectivity index (χ1) is 15.0. The minimum atomic E-state index is -0.802. The lowest BCUT2D eigenvalue weighted by atomic mass is 9.94. The van der Waals surface area contributed by atoms with E-state index in [1.54, 1.807) is 4.90 Å². The molecule has 3 aliphatic rings.